The molecule has 3 saturated carbocycles. The summed E-state index contributed by atoms with van der Waals surface area (Å²) in [7, 11) is 1.39. The lowest BCUT2D eigenvalue weighted by Gasteiger charge is -2.71. The predicted octanol–water partition coefficient (Wildman–Crippen LogP) is 4.10. The van der Waals surface area contributed by atoms with Gasteiger partial charge in [-0.1, -0.05) is 6.07 Å². The molecule has 3 aliphatic carbocycles. The van der Waals surface area contributed by atoms with Crippen LogP contribution in [0.4, 0.5) is 4.39 Å². The molecule has 4 fully saturated rings. The van der Waals surface area contributed by atoms with Gasteiger partial charge in [-0.3, -0.25) is 0 Å². The van der Waals surface area contributed by atoms with Crippen molar-refractivity contribution >= 4 is 7.12 Å². The molecule has 0 unspecified atom stereocenters. The van der Waals surface area contributed by atoms with Crippen LogP contribution in [0, 0.1) is 5.82 Å². The van der Waals surface area contributed by atoms with Crippen molar-refractivity contribution in [1.29, 1.82) is 0 Å². The van der Waals surface area contributed by atoms with E-state index in [2.05, 4.69) is 27.7 Å². The van der Waals surface area contributed by atoms with Crippen LogP contribution in [-0.4, -0.2) is 25.4 Å². The van der Waals surface area contributed by atoms with Gasteiger partial charge >= 0.3 is 7.12 Å². The maximum absolute atomic E-state index is 14.4. The number of methoxy groups -OCH3 is 1. The van der Waals surface area contributed by atoms with Crippen molar-refractivity contribution in [3.8, 4) is 5.75 Å². The molecule has 5 rings (SSSR count). The molecule has 0 N–H and O–H groups in total. The van der Waals surface area contributed by atoms with Crippen molar-refractivity contribution in [1.82, 2.24) is 0 Å². The van der Waals surface area contributed by atoms with Crippen LogP contribution in [0.5, 0.6) is 5.75 Å². The first kappa shape index (κ1) is 15.5. The Bertz CT molecular complexity index is 634. The highest BCUT2D eigenvalue weighted by Gasteiger charge is 2.77. The van der Waals surface area contributed by atoms with E-state index < -0.39 is 0 Å². The lowest BCUT2D eigenvalue weighted by atomic mass is 9.23. The Balaban J connectivity index is 1.51. The number of ether oxygens (including phenoxy) is 1. The van der Waals surface area contributed by atoms with Gasteiger partial charge in [-0.15, -0.1) is 0 Å². The normalized spacial score (nSPS) is 36.3. The zero-order chi connectivity index (χ0) is 16.7. The van der Waals surface area contributed by atoms with Crippen molar-refractivity contribution in [3.05, 3.63) is 29.6 Å². The smallest absolute Gasteiger partial charge is 0.464 e. The Labute approximate surface area is 137 Å². The highest BCUT2D eigenvalue weighted by atomic mass is 19.1. The van der Waals surface area contributed by atoms with E-state index in [9.17, 15) is 4.39 Å². The first-order chi connectivity index (χ1) is 10.6. The lowest BCUT2D eigenvalue weighted by molar-refractivity contribution is -0.0406. The van der Waals surface area contributed by atoms with E-state index in [4.69, 9.17) is 14.0 Å². The second-order valence-corrected chi connectivity index (χ2v) is 8.61. The van der Waals surface area contributed by atoms with Crippen molar-refractivity contribution in [3.63, 3.8) is 0 Å². The van der Waals surface area contributed by atoms with E-state index >= 15 is 0 Å². The van der Waals surface area contributed by atoms with E-state index in [-0.39, 0.29) is 34.9 Å². The van der Waals surface area contributed by atoms with Crippen LogP contribution >= 0.6 is 0 Å². The van der Waals surface area contributed by atoms with Crippen LogP contribution < -0.4 is 4.74 Å². The van der Waals surface area contributed by atoms with Crippen molar-refractivity contribution < 1.29 is 18.4 Å². The maximum Gasteiger partial charge on any atom is 0.464 e. The van der Waals surface area contributed by atoms with E-state index in [1.807, 2.05) is 12.1 Å². The first-order valence-electron chi connectivity index (χ1n) is 8.33. The molecule has 1 heterocycles. The van der Waals surface area contributed by atoms with Crippen molar-refractivity contribution in [2.24, 2.45) is 0 Å². The lowest BCUT2D eigenvalue weighted by Crippen LogP contribution is -2.66. The highest BCUT2D eigenvalue weighted by molar-refractivity contribution is 6.51. The van der Waals surface area contributed by atoms with Gasteiger partial charge in [-0.25, -0.2) is 4.39 Å². The fourth-order valence-corrected chi connectivity index (χ4v) is 4.55. The highest BCUT2D eigenvalue weighted by Crippen LogP contribution is 2.81. The zero-order valence-corrected chi connectivity index (χ0v) is 14.5. The monoisotopic (exact) mass is 318 g/mol. The summed E-state index contributed by atoms with van der Waals surface area (Å²) in [5.74, 6) is 0.407. The molecule has 1 saturated heterocycles. The SMILES string of the molecule is COc1ccc(C23CC(B4OC(C)(C)C(C)(C)O4)(C2)C3)c(F)c1. The van der Waals surface area contributed by atoms with Crippen LogP contribution in [0.1, 0.15) is 52.5 Å². The molecular formula is C18H24BFO3. The molecule has 1 aromatic rings. The average Bonchev–Trinajstić information content (AvgIpc) is 2.57. The summed E-state index contributed by atoms with van der Waals surface area (Å²) in [6.07, 6.45) is 2.83. The number of halogens is 1. The Kier molecular flexibility index (Phi) is 2.90. The number of benzene rings is 1. The van der Waals surface area contributed by atoms with Gasteiger partial charge < -0.3 is 14.0 Å². The number of hydrogen-bond donors (Lipinski definition) is 0. The van der Waals surface area contributed by atoms with Crippen LogP contribution in [0.15, 0.2) is 18.2 Å². The molecule has 0 atom stereocenters. The third kappa shape index (κ3) is 1.90. The molecule has 124 valence electrons. The van der Waals surface area contributed by atoms with E-state index in [1.54, 1.807) is 7.11 Å². The molecule has 5 heteroatoms. The molecule has 0 spiro atoms. The molecule has 0 radical (unpaired) electrons. The van der Waals surface area contributed by atoms with Crippen LogP contribution in [0.2, 0.25) is 5.31 Å². The molecule has 23 heavy (non-hydrogen) atoms. The number of rotatable bonds is 3. The third-order valence-electron chi connectivity index (χ3n) is 6.57. The van der Waals surface area contributed by atoms with Gasteiger partial charge in [-0.2, -0.15) is 0 Å². The molecule has 2 bridgehead atoms. The van der Waals surface area contributed by atoms with Gasteiger partial charge in [0.2, 0.25) is 0 Å². The molecule has 4 aliphatic rings. The molecule has 0 amide bonds. The van der Waals surface area contributed by atoms with Gasteiger partial charge in [0.15, 0.2) is 0 Å². The van der Waals surface area contributed by atoms with Gasteiger partial charge in [0, 0.05) is 11.4 Å². The molecule has 1 aromatic carbocycles. The fourth-order valence-electron chi connectivity index (χ4n) is 4.55. The summed E-state index contributed by atoms with van der Waals surface area (Å²) in [5, 5.41) is 0.0669. The van der Waals surface area contributed by atoms with Gasteiger partial charge in [0.25, 0.3) is 0 Å². The standard InChI is InChI=1S/C18H24BFO3/c1-15(2)16(3,4)23-19(22-15)18-9-17(10-18,11-18)13-7-6-12(21-5)8-14(13)20/h6-8H,9-11H2,1-5H3. The fraction of sp³-hybridized carbons (Fsp3) is 0.667. The van der Waals surface area contributed by atoms with Gasteiger partial charge in [-0.05, 0) is 64.0 Å². The predicted molar refractivity (Wildman–Crippen MR) is 87.3 cm³/mol. The van der Waals surface area contributed by atoms with E-state index in [1.165, 1.54) is 6.07 Å². The van der Waals surface area contributed by atoms with E-state index in [0.29, 0.717) is 5.75 Å². The Morgan fingerprint density at radius 2 is 1.61 bits per heavy atom. The molecule has 3 nitrogen and oxygen atoms in total. The topological polar surface area (TPSA) is 27.7 Å². The minimum absolute atomic E-state index is 0.0278. The zero-order valence-electron chi connectivity index (χ0n) is 14.5. The largest absolute Gasteiger partial charge is 0.497 e. The summed E-state index contributed by atoms with van der Waals surface area (Å²) in [6, 6.07) is 5.21. The van der Waals surface area contributed by atoms with Gasteiger partial charge in [0.05, 0.1) is 18.3 Å². The molecule has 1 aliphatic heterocycles. The Morgan fingerprint density at radius 3 is 2.09 bits per heavy atom. The van der Waals surface area contributed by atoms with Crippen LogP contribution in [0.25, 0.3) is 0 Å². The maximum atomic E-state index is 14.4. The summed E-state index contributed by atoms with van der Waals surface area (Å²) >= 11 is 0. The average molecular weight is 318 g/mol. The summed E-state index contributed by atoms with van der Waals surface area (Å²) in [5.41, 5.74) is 0.189. The third-order valence-corrected chi connectivity index (χ3v) is 6.57. The van der Waals surface area contributed by atoms with Crippen molar-refractivity contribution in [2.45, 2.75) is 68.9 Å². The van der Waals surface area contributed by atoms with E-state index in [0.717, 1.165) is 24.8 Å². The number of hydrogen-bond acceptors (Lipinski definition) is 3. The van der Waals surface area contributed by atoms with Crippen LogP contribution in [0.3, 0.4) is 0 Å². The summed E-state index contributed by atoms with van der Waals surface area (Å²) < 4.78 is 31.9. The quantitative estimate of drug-likeness (QED) is 0.785. The first-order valence-corrected chi connectivity index (χ1v) is 8.33. The minimum Gasteiger partial charge on any atom is -0.497 e. The Morgan fingerprint density at radius 1 is 1.04 bits per heavy atom. The Hall–Kier alpha value is -1.07. The minimum atomic E-state index is -0.300. The second-order valence-electron chi connectivity index (χ2n) is 8.61. The second kappa shape index (κ2) is 4.31. The van der Waals surface area contributed by atoms with Crippen molar-refractivity contribution in [2.75, 3.05) is 7.11 Å². The summed E-state index contributed by atoms with van der Waals surface area (Å²) in [6.45, 7) is 8.32. The molecule has 0 aromatic heterocycles. The summed E-state index contributed by atoms with van der Waals surface area (Å²) in [4.78, 5) is 0. The van der Waals surface area contributed by atoms with Crippen LogP contribution in [-0.2, 0) is 14.7 Å². The van der Waals surface area contributed by atoms with Gasteiger partial charge in [0.1, 0.15) is 11.6 Å². The molecular weight excluding hydrogens is 294 g/mol.